The molecule has 0 aromatic heterocycles. The normalized spacial score (nSPS) is 17.5. The molecule has 1 fully saturated rings. The number of carbonyl (C=O) groups is 1. The van der Waals surface area contributed by atoms with E-state index < -0.39 is 0 Å². The van der Waals surface area contributed by atoms with E-state index in [2.05, 4.69) is 22.8 Å². The Morgan fingerprint density at radius 1 is 1.35 bits per heavy atom. The van der Waals surface area contributed by atoms with Crippen LogP contribution in [0.25, 0.3) is 0 Å². The maximum atomic E-state index is 11.5. The lowest BCUT2D eigenvalue weighted by Gasteiger charge is -2.11. The average Bonchev–Trinajstić information content (AvgIpc) is 2.96. The smallest absolute Gasteiger partial charge is 0.246 e. The van der Waals surface area contributed by atoms with Gasteiger partial charge in [-0.1, -0.05) is 30.3 Å². The SMILES string of the molecule is Cl.O=C(COCCc1ccccc1)NCC1CCCN1. The summed E-state index contributed by atoms with van der Waals surface area (Å²) >= 11 is 0. The molecule has 2 N–H and O–H groups in total. The van der Waals surface area contributed by atoms with Gasteiger partial charge < -0.3 is 15.4 Å². The Balaban J connectivity index is 0.00000200. The Morgan fingerprint density at radius 3 is 2.85 bits per heavy atom. The van der Waals surface area contributed by atoms with Crippen LogP contribution in [0.15, 0.2) is 30.3 Å². The molecular formula is C15H23ClN2O2. The summed E-state index contributed by atoms with van der Waals surface area (Å²) in [5, 5.41) is 6.24. The fraction of sp³-hybridized carbons (Fsp3) is 0.533. The van der Waals surface area contributed by atoms with Crippen LogP contribution in [0.1, 0.15) is 18.4 Å². The molecule has 1 heterocycles. The van der Waals surface area contributed by atoms with Gasteiger partial charge in [-0.25, -0.2) is 0 Å². The van der Waals surface area contributed by atoms with Crippen molar-refractivity contribution in [2.24, 2.45) is 0 Å². The third-order valence-corrected chi connectivity index (χ3v) is 3.32. The predicted molar refractivity (Wildman–Crippen MR) is 82.2 cm³/mol. The molecule has 0 bridgehead atoms. The Labute approximate surface area is 126 Å². The van der Waals surface area contributed by atoms with Gasteiger partial charge in [-0.15, -0.1) is 12.4 Å². The highest BCUT2D eigenvalue weighted by Gasteiger charge is 2.14. The maximum absolute atomic E-state index is 11.5. The second kappa shape index (κ2) is 9.75. The second-order valence-electron chi connectivity index (χ2n) is 4.89. The van der Waals surface area contributed by atoms with Gasteiger partial charge in [-0.3, -0.25) is 4.79 Å². The monoisotopic (exact) mass is 298 g/mol. The van der Waals surface area contributed by atoms with Crippen LogP contribution in [0.2, 0.25) is 0 Å². The fourth-order valence-corrected chi connectivity index (χ4v) is 2.22. The van der Waals surface area contributed by atoms with Crippen molar-refractivity contribution in [2.45, 2.75) is 25.3 Å². The van der Waals surface area contributed by atoms with Crippen molar-refractivity contribution >= 4 is 18.3 Å². The highest BCUT2D eigenvalue weighted by Crippen LogP contribution is 2.03. The number of hydrogen-bond donors (Lipinski definition) is 2. The minimum absolute atomic E-state index is 0. The largest absolute Gasteiger partial charge is 0.371 e. The third-order valence-electron chi connectivity index (χ3n) is 3.32. The van der Waals surface area contributed by atoms with Crippen LogP contribution in [-0.2, 0) is 16.0 Å². The molecule has 20 heavy (non-hydrogen) atoms. The summed E-state index contributed by atoms with van der Waals surface area (Å²) in [6.07, 6.45) is 3.20. The molecule has 1 unspecified atom stereocenters. The van der Waals surface area contributed by atoms with Crippen molar-refractivity contribution in [3.05, 3.63) is 35.9 Å². The van der Waals surface area contributed by atoms with Crippen molar-refractivity contribution < 1.29 is 9.53 Å². The van der Waals surface area contributed by atoms with Crippen molar-refractivity contribution in [1.29, 1.82) is 0 Å². The van der Waals surface area contributed by atoms with E-state index >= 15 is 0 Å². The highest BCUT2D eigenvalue weighted by molar-refractivity contribution is 5.85. The van der Waals surface area contributed by atoms with Gasteiger partial charge in [0.1, 0.15) is 6.61 Å². The zero-order valence-corrected chi connectivity index (χ0v) is 12.5. The first-order valence-electron chi connectivity index (χ1n) is 6.96. The van der Waals surface area contributed by atoms with Crippen molar-refractivity contribution in [1.82, 2.24) is 10.6 Å². The molecule has 0 aliphatic carbocycles. The summed E-state index contributed by atoms with van der Waals surface area (Å²) in [6, 6.07) is 10.6. The number of ether oxygens (including phenoxy) is 1. The molecule has 1 aromatic rings. The van der Waals surface area contributed by atoms with Crippen molar-refractivity contribution in [2.75, 3.05) is 26.3 Å². The molecule has 4 nitrogen and oxygen atoms in total. The lowest BCUT2D eigenvalue weighted by molar-refractivity contribution is -0.125. The molecular weight excluding hydrogens is 276 g/mol. The molecule has 1 atom stereocenters. The Morgan fingerprint density at radius 2 is 2.15 bits per heavy atom. The first kappa shape index (κ1) is 17.0. The van der Waals surface area contributed by atoms with Crippen LogP contribution in [-0.4, -0.2) is 38.3 Å². The molecule has 5 heteroatoms. The van der Waals surface area contributed by atoms with Crippen LogP contribution in [0.3, 0.4) is 0 Å². The fourth-order valence-electron chi connectivity index (χ4n) is 2.22. The minimum Gasteiger partial charge on any atom is -0.371 e. The quantitative estimate of drug-likeness (QED) is 0.751. The number of carbonyl (C=O) groups excluding carboxylic acids is 1. The molecule has 1 aromatic carbocycles. The number of benzene rings is 1. The van der Waals surface area contributed by atoms with Crippen molar-refractivity contribution in [3.63, 3.8) is 0 Å². The van der Waals surface area contributed by atoms with Gasteiger partial charge >= 0.3 is 0 Å². The Hall–Kier alpha value is -1.10. The van der Waals surface area contributed by atoms with Gasteiger partial charge in [0.15, 0.2) is 0 Å². The summed E-state index contributed by atoms with van der Waals surface area (Å²) in [5.41, 5.74) is 1.23. The number of hydrogen-bond acceptors (Lipinski definition) is 3. The molecule has 1 saturated heterocycles. The standard InChI is InChI=1S/C15H22N2O2.ClH/c18-15(17-11-14-7-4-9-16-14)12-19-10-8-13-5-2-1-3-6-13;/h1-3,5-6,14,16H,4,7-12H2,(H,17,18);1H. The van der Waals surface area contributed by atoms with Gasteiger partial charge in [0.2, 0.25) is 5.91 Å². The molecule has 1 aliphatic heterocycles. The molecule has 112 valence electrons. The average molecular weight is 299 g/mol. The number of nitrogens with one attached hydrogen (secondary N) is 2. The van der Waals surface area contributed by atoms with E-state index in [1.54, 1.807) is 0 Å². The number of rotatable bonds is 7. The lowest BCUT2D eigenvalue weighted by atomic mass is 10.2. The summed E-state index contributed by atoms with van der Waals surface area (Å²) in [7, 11) is 0. The van der Waals surface area contributed by atoms with Crippen LogP contribution in [0.4, 0.5) is 0 Å². The molecule has 1 amide bonds. The number of halogens is 1. The summed E-state index contributed by atoms with van der Waals surface area (Å²) in [6.45, 7) is 2.51. The van der Waals surface area contributed by atoms with Crippen molar-refractivity contribution in [3.8, 4) is 0 Å². The Bertz CT molecular complexity index is 381. The van der Waals surface area contributed by atoms with E-state index in [1.807, 2.05) is 18.2 Å². The minimum atomic E-state index is -0.0261. The predicted octanol–water partition coefficient (Wildman–Crippen LogP) is 1.54. The van der Waals surface area contributed by atoms with Crippen LogP contribution in [0, 0.1) is 0 Å². The van der Waals surface area contributed by atoms with E-state index in [1.165, 1.54) is 12.0 Å². The van der Waals surface area contributed by atoms with Gasteiger partial charge in [0.05, 0.1) is 6.61 Å². The summed E-state index contributed by atoms with van der Waals surface area (Å²) < 4.78 is 5.38. The van der Waals surface area contributed by atoms with Gasteiger partial charge in [0.25, 0.3) is 0 Å². The third kappa shape index (κ3) is 6.37. The van der Waals surface area contributed by atoms with E-state index in [4.69, 9.17) is 4.74 Å². The van der Waals surface area contributed by atoms with Gasteiger partial charge in [-0.05, 0) is 31.4 Å². The van der Waals surface area contributed by atoms with E-state index in [9.17, 15) is 4.79 Å². The van der Waals surface area contributed by atoms with Gasteiger partial charge in [-0.2, -0.15) is 0 Å². The zero-order valence-electron chi connectivity index (χ0n) is 11.6. The zero-order chi connectivity index (χ0) is 13.3. The Kier molecular flexibility index (Phi) is 8.26. The first-order valence-corrected chi connectivity index (χ1v) is 6.96. The highest BCUT2D eigenvalue weighted by atomic mass is 35.5. The van der Waals surface area contributed by atoms with Crippen LogP contribution in [0.5, 0.6) is 0 Å². The number of amides is 1. The van der Waals surface area contributed by atoms with Crippen LogP contribution < -0.4 is 10.6 Å². The molecule has 0 spiro atoms. The van der Waals surface area contributed by atoms with Crippen LogP contribution >= 0.6 is 12.4 Å². The summed E-state index contributed by atoms with van der Waals surface area (Å²) in [4.78, 5) is 11.5. The van der Waals surface area contributed by atoms with E-state index in [0.29, 0.717) is 19.2 Å². The van der Waals surface area contributed by atoms with Gasteiger partial charge in [0, 0.05) is 12.6 Å². The second-order valence-corrected chi connectivity index (χ2v) is 4.89. The molecule has 1 aliphatic rings. The molecule has 0 radical (unpaired) electrons. The summed E-state index contributed by atoms with van der Waals surface area (Å²) in [5.74, 6) is -0.0261. The maximum Gasteiger partial charge on any atom is 0.246 e. The first-order chi connectivity index (χ1) is 9.34. The molecule has 2 rings (SSSR count). The lowest BCUT2D eigenvalue weighted by Crippen LogP contribution is -2.38. The van der Waals surface area contributed by atoms with E-state index in [0.717, 1.165) is 19.4 Å². The van der Waals surface area contributed by atoms with E-state index in [-0.39, 0.29) is 24.9 Å². The molecule has 0 saturated carbocycles. The topological polar surface area (TPSA) is 50.4 Å².